The van der Waals surface area contributed by atoms with Crippen LogP contribution in [0.3, 0.4) is 0 Å². The molecule has 0 radical (unpaired) electrons. The molecule has 1 nitrogen and oxygen atoms in total. The van der Waals surface area contributed by atoms with Crippen LogP contribution in [0.15, 0.2) is 66.9 Å². The largest absolute Gasteiger partial charge is 0.261 e. The van der Waals surface area contributed by atoms with Crippen LogP contribution in [0, 0.1) is 0 Å². The number of hydrogen-bond acceptors (Lipinski definition) is 1. The summed E-state index contributed by atoms with van der Waals surface area (Å²) in [5, 5.41) is 0. The molecule has 0 amide bonds. The Morgan fingerprint density at radius 2 is 1.15 bits per heavy atom. The van der Waals surface area contributed by atoms with Gasteiger partial charge in [0.1, 0.15) is 0 Å². The summed E-state index contributed by atoms with van der Waals surface area (Å²) in [7, 11) is 0. The monoisotopic (exact) mass is 357 g/mol. The molecule has 27 heavy (non-hydrogen) atoms. The maximum atomic E-state index is 4.66. The Kier molecular flexibility index (Phi) is 7.21. The highest BCUT2D eigenvalue weighted by atomic mass is 14.7. The third-order valence-corrected chi connectivity index (χ3v) is 5.16. The van der Waals surface area contributed by atoms with Gasteiger partial charge in [0.25, 0.3) is 0 Å². The summed E-state index contributed by atoms with van der Waals surface area (Å²) in [4.78, 5) is 4.66. The van der Waals surface area contributed by atoms with Crippen LogP contribution in [-0.2, 0) is 12.8 Å². The van der Waals surface area contributed by atoms with Gasteiger partial charge in [0.15, 0.2) is 0 Å². The Bertz CT molecular complexity index is 798. The summed E-state index contributed by atoms with van der Waals surface area (Å²) >= 11 is 0. The SMILES string of the molecule is CCCCCCc1ccc(-c2ccc(-c3ccc(CCC)cc3)cc2)cn1. The molecule has 0 fully saturated rings. The molecule has 3 aromatic rings. The van der Waals surface area contributed by atoms with E-state index in [1.54, 1.807) is 0 Å². The quantitative estimate of drug-likeness (QED) is 0.361. The second-order valence-electron chi connectivity index (χ2n) is 7.37. The van der Waals surface area contributed by atoms with Crippen LogP contribution in [0.4, 0.5) is 0 Å². The van der Waals surface area contributed by atoms with E-state index in [4.69, 9.17) is 0 Å². The number of nitrogens with zero attached hydrogens (tertiary/aromatic N) is 1. The fourth-order valence-electron chi connectivity index (χ4n) is 3.48. The number of unbranched alkanes of at least 4 members (excludes halogenated alkanes) is 3. The summed E-state index contributed by atoms with van der Waals surface area (Å²) in [5.41, 5.74) is 7.59. The minimum atomic E-state index is 1.09. The Morgan fingerprint density at radius 1 is 0.556 bits per heavy atom. The molecule has 0 unspecified atom stereocenters. The lowest BCUT2D eigenvalue weighted by Gasteiger charge is -2.07. The molecule has 1 aromatic heterocycles. The number of aryl methyl sites for hydroxylation is 2. The maximum Gasteiger partial charge on any atom is 0.0404 e. The number of rotatable bonds is 9. The van der Waals surface area contributed by atoms with Crippen LogP contribution < -0.4 is 0 Å². The minimum Gasteiger partial charge on any atom is -0.261 e. The van der Waals surface area contributed by atoms with Crippen molar-refractivity contribution in [2.75, 3.05) is 0 Å². The van der Waals surface area contributed by atoms with Crippen LogP contribution in [0.5, 0.6) is 0 Å². The molecule has 2 aromatic carbocycles. The lowest BCUT2D eigenvalue weighted by atomic mass is 9.99. The van der Waals surface area contributed by atoms with Crippen molar-refractivity contribution in [2.24, 2.45) is 0 Å². The van der Waals surface area contributed by atoms with Crippen molar-refractivity contribution in [2.45, 2.75) is 58.8 Å². The van der Waals surface area contributed by atoms with E-state index in [1.807, 2.05) is 6.20 Å². The first-order valence-corrected chi connectivity index (χ1v) is 10.4. The van der Waals surface area contributed by atoms with E-state index in [0.29, 0.717) is 0 Å². The second-order valence-corrected chi connectivity index (χ2v) is 7.37. The third kappa shape index (κ3) is 5.53. The first kappa shape index (κ1) is 19.4. The Balaban J connectivity index is 1.64. The predicted molar refractivity (Wildman–Crippen MR) is 117 cm³/mol. The smallest absolute Gasteiger partial charge is 0.0404 e. The average Bonchev–Trinajstić information content (AvgIpc) is 2.73. The zero-order valence-corrected chi connectivity index (χ0v) is 16.7. The van der Waals surface area contributed by atoms with Crippen LogP contribution in [0.1, 0.15) is 57.2 Å². The fraction of sp³-hybridized carbons (Fsp3) is 0.346. The van der Waals surface area contributed by atoms with Crippen molar-refractivity contribution in [1.82, 2.24) is 4.98 Å². The van der Waals surface area contributed by atoms with E-state index in [-0.39, 0.29) is 0 Å². The van der Waals surface area contributed by atoms with Gasteiger partial charge >= 0.3 is 0 Å². The number of hydrogen-bond donors (Lipinski definition) is 0. The molecule has 3 rings (SSSR count). The van der Waals surface area contributed by atoms with E-state index < -0.39 is 0 Å². The van der Waals surface area contributed by atoms with Gasteiger partial charge in [-0.1, -0.05) is 94.1 Å². The molecule has 0 bridgehead atoms. The number of benzene rings is 2. The second kappa shape index (κ2) is 10.1. The summed E-state index contributed by atoms with van der Waals surface area (Å²) in [6.07, 6.45) is 10.6. The Labute approximate surface area is 164 Å². The average molecular weight is 358 g/mol. The first-order chi connectivity index (χ1) is 13.3. The van der Waals surface area contributed by atoms with E-state index in [0.717, 1.165) is 12.8 Å². The standard InChI is InChI=1S/C26H31N/c1-3-5-6-7-9-26-19-18-25(20-27-26)24-16-14-23(15-17-24)22-12-10-21(8-4-2)11-13-22/h10-20H,3-9H2,1-2H3. The van der Waals surface area contributed by atoms with Crippen molar-refractivity contribution in [1.29, 1.82) is 0 Å². The zero-order valence-electron chi connectivity index (χ0n) is 16.7. The van der Waals surface area contributed by atoms with Crippen molar-refractivity contribution in [3.63, 3.8) is 0 Å². The van der Waals surface area contributed by atoms with E-state index >= 15 is 0 Å². The molecule has 1 heteroatoms. The number of pyridine rings is 1. The van der Waals surface area contributed by atoms with Gasteiger partial charge in [-0.05, 0) is 47.6 Å². The fourth-order valence-corrected chi connectivity index (χ4v) is 3.48. The van der Waals surface area contributed by atoms with Crippen molar-refractivity contribution in [3.05, 3.63) is 78.1 Å². The summed E-state index contributed by atoms with van der Waals surface area (Å²) in [6.45, 7) is 4.47. The maximum absolute atomic E-state index is 4.66. The molecule has 0 aliphatic heterocycles. The van der Waals surface area contributed by atoms with Crippen molar-refractivity contribution >= 4 is 0 Å². The van der Waals surface area contributed by atoms with Crippen LogP contribution in [0.2, 0.25) is 0 Å². The van der Waals surface area contributed by atoms with Crippen LogP contribution in [-0.4, -0.2) is 4.98 Å². The Hall–Kier alpha value is -2.41. The molecule has 0 atom stereocenters. The van der Waals surface area contributed by atoms with Gasteiger partial charge < -0.3 is 0 Å². The van der Waals surface area contributed by atoms with E-state index in [1.165, 1.54) is 65.6 Å². The lowest BCUT2D eigenvalue weighted by molar-refractivity contribution is 0.661. The van der Waals surface area contributed by atoms with Crippen molar-refractivity contribution in [3.8, 4) is 22.3 Å². The topological polar surface area (TPSA) is 12.9 Å². The van der Waals surface area contributed by atoms with Gasteiger partial charge in [0.2, 0.25) is 0 Å². The van der Waals surface area contributed by atoms with Crippen molar-refractivity contribution < 1.29 is 0 Å². The molecular weight excluding hydrogens is 326 g/mol. The highest BCUT2D eigenvalue weighted by Gasteiger charge is 2.02. The molecule has 0 spiro atoms. The van der Waals surface area contributed by atoms with Crippen LogP contribution in [0.25, 0.3) is 22.3 Å². The highest BCUT2D eigenvalue weighted by molar-refractivity contribution is 5.70. The first-order valence-electron chi connectivity index (χ1n) is 10.4. The molecule has 0 saturated carbocycles. The van der Waals surface area contributed by atoms with E-state index in [9.17, 15) is 0 Å². The highest BCUT2D eigenvalue weighted by Crippen LogP contribution is 2.25. The summed E-state index contributed by atoms with van der Waals surface area (Å²) < 4.78 is 0. The summed E-state index contributed by atoms with van der Waals surface area (Å²) in [6, 6.07) is 22.2. The molecule has 0 aliphatic rings. The van der Waals surface area contributed by atoms with Gasteiger partial charge in [-0.25, -0.2) is 0 Å². The van der Waals surface area contributed by atoms with Gasteiger partial charge in [0, 0.05) is 17.5 Å². The van der Waals surface area contributed by atoms with Gasteiger partial charge in [-0.3, -0.25) is 4.98 Å². The van der Waals surface area contributed by atoms with Gasteiger partial charge in [-0.15, -0.1) is 0 Å². The predicted octanol–water partition coefficient (Wildman–Crippen LogP) is 7.49. The third-order valence-electron chi connectivity index (χ3n) is 5.16. The Morgan fingerprint density at radius 3 is 1.70 bits per heavy atom. The minimum absolute atomic E-state index is 1.09. The normalized spacial score (nSPS) is 10.9. The molecule has 0 aliphatic carbocycles. The summed E-state index contributed by atoms with van der Waals surface area (Å²) in [5.74, 6) is 0. The van der Waals surface area contributed by atoms with E-state index in [2.05, 4.69) is 79.5 Å². The number of aromatic nitrogens is 1. The molecule has 1 heterocycles. The molecule has 0 saturated heterocycles. The van der Waals surface area contributed by atoms with Crippen LogP contribution >= 0.6 is 0 Å². The molecular formula is C26H31N. The zero-order chi connectivity index (χ0) is 18.9. The molecule has 0 N–H and O–H groups in total. The molecule has 140 valence electrons. The van der Waals surface area contributed by atoms with Gasteiger partial charge in [0.05, 0.1) is 0 Å². The lowest BCUT2D eigenvalue weighted by Crippen LogP contribution is -1.91. The van der Waals surface area contributed by atoms with Gasteiger partial charge in [-0.2, -0.15) is 0 Å².